The Morgan fingerprint density at radius 2 is 2.26 bits per heavy atom. The molecular formula is C15H20ClNO2. The second-order valence-electron chi connectivity index (χ2n) is 4.96. The van der Waals surface area contributed by atoms with E-state index in [1.54, 1.807) is 6.07 Å². The van der Waals surface area contributed by atoms with E-state index in [1.165, 1.54) is 12.8 Å². The summed E-state index contributed by atoms with van der Waals surface area (Å²) >= 11 is 5.75. The number of benzene rings is 1. The van der Waals surface area contributed by atoms with Crippen LogP contribution in [0.3, 0.4) is 0 Å². The van der Waals surface area contributed by atoms with E-state index in [4.69, 9.17) is 16.3 Å². The van der Waals surface area contributed by atoms with Crippen LogP contribution in [0.25, 0.3) is 0 Å². The van der Waals surface area contributed by atoms with Gasteiger partial charge in [-0.3, -0.25) is 4.79 Å². The molecule has 1 aromatic carbocycles. The average molecular weight is 282 g/mol. The van der Waals surface area contributed by atoms with Gasteiger partial charge in [0.2, 0.25) is 0 Å². The van der Waals surface area contributed by atoms with E-state index in [2.05, 4.69) is 5.32 Å². The first-order chi connectivity index (χ1) is 9.29. The SMILES string of the molecule is O=C(NCCCOCC1CC1)c1cccc(CCl)c1. The number of carbonyl (C=O) groups is 1. The lowest BCUT2D eigenvalue weighted by atomic mass is 10.1. The Labute approximate surface area is 119 Å². The quantitative estimate of drug-likeness (QED) is 0.588. The van der Waals surface area contributed by atoms with Crippen LogP contribution in [0.5, 0.6) is 0 Å². The minimum atomic E-state index is -0.0471. The zero-order valence-corrected chi connectivity index (χ0v) is 11.8. The molecule has 0 heterocycles. The molecule has 0 unspecified atom stereocenters. The molecule has 1 fully saturated rings. The summed E-state index contributed by atoms with van der Waals surface area (Å²) < 4.78 is 5.51. The molecule has 2 rings (SSSR count). The average Bonchev–Trinajstić information content (AvgIpc) is 3.26. The van der Waals surface area contributed by atoms with Crippen LogP contribution < -0.4 is 5.32 Å². The lowest BCUT2D eigenvalue weighted by Crippen LogP contribution is -2.25. The number of alkyl halides is 1. The van der Waals surface area contributed by atoms with Crippen molar-refractivity contribution in [1.29, 1.82) is 0 Å². The fourth-order valence-electron chi connectivity index (χ4n) is 1.81. The smallest absolute Gasteiger partial charge is 0.251 e. The molecule has 1 amide bonds. The number of halogens is 1. The van der Waals surface area contributed by atoms with Gasteiger partial charge in [-0.25, -0.2) is 0 Å². The Bertz CT molecular complexity index is 418. The Balaban J connectivity index is 1.62. The number of hydrogen-bond donors (Lipinski definition) is 1. The van der Waals surface area contributed by atoms with E-state index < -0.39 is 0 Å². The van der Waals surface area contributed by atoms with Crippen LogP contribution in [-0.2, 0) is 10.6 Å². The Morgan fingerprint density at radius 3 is 3.00 bits per heavy atom. The van der Waals surface area contributed by atoms with Gasteiger partial charge in [-0.15, -0.1) is 11.6 Å². The number of carbonyl (C=O) groups excluding carboxylic acids is 1. The summed E-state index contributed by atoms with van der Waals surface area (Å²) in [6, 6.07) is 7.39. The van der Waals surface area contributed by atoms with Crippen molar-refractivity contribution in [2.75, 3.05) is 19.8 Å². The largest absolute Gasteiger partial charge is 0.381 e. The number of ether oxygens (including phenoxy) is 1. The minimum Gasteiger partial charge on any atom is -0.381 e. The van der Waals surface area contributed by atoms with Gasteiger partial charge in [-0.2, -0.15) is 0 Å². The van der Waals surface area contributed by atoms with Crippen molar-refractivity contribution in [3.8, 4) is 0 Å². The van der Waals surface area contributed by atoms with Gasteiger partial charge in [0.1, 0.15) is 0 Å². The van der Waals surface area contributed by atoms with Crippen LogP contribution >= 0.6 is 11.6 Å². The van der Waals surface area contributed by atoms with Crippen LogP contribution in [0.4, 0.5) is 0 Å². The zero-order valence-electron chi connectivity index (χ0n) is 11.0. The molecule has 0 saturated heterocycles. The highest BCUT2D eigenvalue weighted by Crippen LogP contribution is 2.28. The van der Waals surface area contributed by atoms with Gasteiger partial charge >= 0.3 is 0 Å². The van der Waals surface area contributed by atoms with Crippen molar-refractivity contribution in [3.63, 3.8) is 0 Å². The van der Waals surface area contributed by atoms with E-state index >= 15 is 0 Å². The third kappa shape index (κ3) is 5.21. The highest BCUT2D eigenvalue weighted by molar-refractivity contribution is 6.17. The van der Waals surface area contributed by atoms with E-state index in [1.807, 2.05) is 18.2 Å². The van der Waals surface area contributed by atoms with E-state index in [0.717, 1.165) is 31.1 Å². The monoisotopic (exact) mass is 281 g/mol. The van der Waals surface area contributed by atoms with Gasteiger partial charge < -0.3 is 10.1 Å². The van der Waals surface area contributed by atoms with Gasteiger partial charge in [0.15, 0.2) is 0 Å². The standard InChI is InChI=1S/C15H20ClNO2/c16-10-13-3-1-4-14(9-13)15(18)17-7-2-8-19-11-12-5-6-12/h1,3-4,9,12H,2,5-8,10-11H2,(H,17,18). The maximum Gasteiger partial charge on any atom is 0.251 e. The first-order valence-electron chi connectivity index (χ1n) is 6.80. The molecular weight excluding hydrogens is 262 g/mol. The zero-order chi connectivity index (χ0) is 13.5. The van der Waals surface area contributed by atoms with Gasteiger partial charge in [0.25, 0.3) is 5.91 Å². The normalized spacial score (nSPS) is 14.4. The molecule has 1 saturated carbocycles. The second-order valence-corrected chi connectivity index (χ2v) is 5.23. The summed E-state index contributed by atoms with van der Waals surface area (Å²) in [7, 11) is 0. The van der Waals surface area contributed by atoms with E-state index in [0.29, 0.717) is 18.0 Å². The minimum absolute atomic E-state index is 0.0471. The molecule has 0 atom stereocenters. The van der Waals surface area contributed by atoms with Crippen molar-refractivity contribution in [1.82, 2.24) is 5.32 Å². The van der Waals surface area contributed by atoms with Gasteiger partial charge in [0.05, 0.1) is 0 Å². The first-order valence-corrected chi connectivity index (χ1v) is 7.34. The topological polar surface area (TPSA) is 38.3 Å². The van der Waals surface area contributed by atoms with Crippen LogP contribution in [0.15, 0.2) is 24.3 Å². The Kier molecular flexibility index (Phi) is 5.67. The second kappa shape index (κ2) is 7.51. The molecule has 104 valence electrons. The number of rotatable bonds is 8. The molecule has 19 heavy (non-hydrogen) atoms. The highest BCUT2D eigenvalue weighted by atomic mass is 35.5. The lowest BCUT2D eigenvalue weighted by molar-refractivity contribution is 0.0937. The van der Waals surface area contributed by atoms with Crippen molar-refractivity contribution in [2.45, 2.75) is 25.1 Å². The molecule has 0 aliphatic heterocycles. The van der Waals surface area contributed by atoms with E-state index in [-0.39, 0.29) is 5.91 Å². The number of nitrogens with one attached hydrogen (secondary N) is 1. The van der Waals surface area contributed by atoms with Crippen LogP contribution in [0.1, 0.15) is 35.2 Å². The summed E-state index contributed by atoms with van der Waals surface area (Å²) in [6.07, 6.45) is 3.48. The highest BCUT2D eigenvalue weighted by Gasteiger charge is 2.20. The Hall–Kier alpha value is -1.06. The summed E-state index contributed by atoms with van der Waals surface area (Å²) in [5.41, 5.74) is 1.62. The molecule has 1 aromatic rings. The molecule has 4 heteroatoms. The van der Waals surface area contributed by atoms with Crippen LogP contribution in [0, 0.1) is 5.92 Å². The van der Waals surface area contributed by atoms with Crippen LogP contribution in [0.2, 0.25) is 0 Å². The first kappa shape index (κ1) is 14.4. The van der Waals surface area contributed by atoms with Gasteiger partial charge in [0, 0.05) is 31.2 Å². The molecule has 3 nitrogen and oxygen atoms in total. The summed E-state index contributed by atoms with van der Waals surface area (Å²) in [4.78, 5) is 11.9. The molecule has 1 aliphatic rings. The fraction of sp³-hybridized carbons (Fsp3) is 0.533. The van der Waals surface area contributed by atoms with Gasteiger partial charge in [-0.05, 0) is 42.9 Å². The lowest BCUT2D eigenvalue weighted by Gasteiger charge is -2.06. The van der Waals surface area contributed by atoms with E-state index in [9.17, 15) is 4.79 Å². The summed E-state index contributed by atoms with van der Waals surface area (Å²) in [5, 5.41) is 2.89. The molecule has 0 radical (unpaired) electrons. The van der Waals surface area contributed by atoms with Crippen molar-refractivity contribution in [3.05, 3.63) is 35.4 Å². The number of amides is 1. The summed E-state index contributed by atoms with van der Waals surface area (Å²) in [6.45, 7) is 2.25. The van der Waals surface area contributed by atoms with Gasteiger partial charge in [-0.1, -0.05) is 12.1 Å². The maximum absolute atomic E-state index is 11.9. The van der Waals surface area contributed by atoms with Crippen molar-refractivity contribution >= 4 is 17.5 Å². The molecule has 0 aromatic heterocycles. The van der Waals surface area contributed by atoms with Crippen LogP contribution in [-0.4, -0.2) is 25.7 Å². The van der Waals surface area contributed by atoms with Crippen molar-refractivity contribution in [2.24, 2.45) is 5.92 Å². The predicted octanol–water partition coefficient (Wildman–Crippen LogP) is 2.97. The molecule has 0 spiro atoms. The maximum atomic E-state index is 11.9. The molecule has 0 bridgehead atoms. The molecule has 1 N–H and O–H groups in total. The predicted molar refractivity (Wildman–Crippen MR) is 76.5 cm³/mol. The third-order valence-electron chi connectivity index (χ3n) is 3.14. The fourth-order valence-corrected chi connectivity index (χ4v) is 1.97. The number of hydrogen-bond acceptors (Lipinski definition) is 2. The van der Waals surface area contributed by atoms with Crippen molar-refractivity contribution < 1.29 is 9.53 Å². The summed E-state index contributed by atoms with van der Waals surface area (Å²) in [5.74, 6) is 1.18. The Morgan fingerprint density at radius 1 is 1.42 bits per heavy atom. The third-order valence-corrected chi connectivity index (χ3v) is 3.45. The molecule has 1 aliphatic carbocycles.